The van der Waals surface area contributed by atoms with Crippen LogP contribution in [0.25, 0.3) is 89.2 Å². The zero-order valence-electron chi connectivity index (χ0n) is 27.8. The van der Waals surface area contributed by atoms with Gasteiger partial charge in [0, 0.05) is 38.2 Å². The third-order valence-electron chi connectivity index (χ3n) is 9.86. The first-order valence-corrected chi connectivity index (χ1v) is 17.2. The van der Waals surface area contributed by atoms with Crippen LogP contribution in [0.1, 0.15) is 5.56 Å². The van der Waals surface area contributed by atoms with Gasteiger partial charge in [0.25, 0.3) is 0 Å². The van der Waals surface area contributed by atoms with E-state index in [0.29, 0.717) is 28.6 Å². The van der Waals surface area contributed by atoms with Crippen molar-refractivity contribution in [3.8, 4) is 51.6 Å². The maximum absolute atomic E-state index is 10.2. The van der Waals surface area contributed by atoms with Crippen molar-refractivity contribution in [3.63, 3.8) is 0 Å². The van der Waals surface area contributed by atoms with Gasteiger partial charge in [0.1, 0.15) is 0 Å². The van der Waals surface area contributed by atoms with Crippen molar-refractivity contribution < 1.29 is 0 Å². The van der Waals surface area contributed by atoms with Crippen molar-refractivity contribution >= 4 is 43.6 Å². The lowest BCUT2D eigenvalue weighted by Crippen LogP contribution is -2.05. The summed E-state index contributed by atoms with van der Waals surface area (Å²) >= 11 is 0. The Kier molecular flexibility index (Phi) is 6.76. The molecule has 10 rings (SSSR count). The molecule has 3 heterocycles. The Morgan fingerprint density at radius 1 is 0.346 bits per heavy atom. The van der Waals surface area contributed by atoms with E-state index in [4.69, 9.17) is 15.0 Å². The molecule has 0 N–H and O–H groups in total. The standard InChI is InChI=1S/C46H28N6/c47-29-30-15-1-2-16-31(30)44-48-45(36-21-7-13-27-42(36)51-38-23-9-3-17-32(38)33-18-4-10-24-39(33)51)50-46(49-44)37-22-8-14-28-43(37)52-40-25-11-5-19-34(40)35-20-6-12-26-41(35)52/h1-28H. The summed E-state index contributed by atoms with van der Waals surface area (Å²) in [7, 11) is 0. The summed E-state index contributed by atoms with van der Waals surface area (Å²) < 4.78 is 4.58. The minimum Gasteiger partial charge on any atom is -0.309 e. The molecule has 0 spiro atoms. The second-order valence-corrected chi connectivity index (χ2v) is 12.7. The lowest BCUT2D eigenvalue weighted by molar-refractivity contribution is 1.06. The lowest BCUT2D eigenvalue weighted by Gasteiger charge is -2.16. The molecule has 6 nitrogen and oxygen atoms in total. The summed E-state index contributed by atoms with van der Waals surface area (Å²) in [6.45, 7) is 0. The molecule has 0 aliphatic carbocycles. The van der Waals surface area contributed by atoms with E-state index in [2.05, 4.69) is 137 Å². The molecule has 7 aromatic carbocycles. The number of hydrogen-bond donors (Lipinski definition) is 0. The highest BCUT2D eigenvalue weighted by molar-refractivity contribution is 6.10. The average molecular weight is 665 g/mol. The van der Waals surface area contributed by atoms with Crippen LogP contribution < -0.4 is 0 Å². The quantitative estimate of drug-likeness (QED) is 0.184. The van der Waals surface area contributed by atoms with Crippen molar-refractivity contribution in [1.29, 1.82) is 5.26 Å². The van der Waals surface area contributed by atoms with Crippen molar-refractivity contribution in [1.82, 2.24) is 24.1 Å². The van der Waals surface area contributed by atoms with Crippen molar-refractivity contribution in [3.05, 3.63) is 175 Å². The van der Waals surface area contributed by atoms with Crippen LogP contribution in [-0.4, -0.2) is 24.1 Å². The van der Waals surface area contributed by atoms with E-state index in [1.54, 1.807) is 6.07 Å². The zero-order chi connectivity index (χ0) is 34.6. The Morgan fingerprint density at radius 3 is 1.06 bits per heavy atom. The Balaban J connectivity index is 1.27. The number of nitrogens with zero attached hydrogens (tertiary/aromatic N) is 6. The molecule has 0 aliphatic rings. The van der Waals surface area contributed by atoms with Gasteiger partial charge < -0.3 is 9.13 Å². The third kappa shape index (κ3) is 4.54. The van der Waals surface area contributed by atoms with E-state index in [9.17, 15) is 5.26 Å². The largest absolute Gasteiger partial charge is 0.309 e. The van der Waals surface area contributed by atoms with Crippen LogP contribution in [0.2, 0.25) is 0 Å². The van der Waals surface area contributed by atoms with Crippen molar-refractivity contribution in [2.75, 3.05) is 0 Å². The van der Waals surface area contributed by atoms with E-state index in [-0.39, 0.29) is 0 Å². The van der Waals surface area contributed by atoms with Gasteiger partial charge in [0.2, 0.25) is 0 Å². The van der Waals surface area contributed by atoms with E-state index in [1.165, 1.54) is 21.5 Å². The number of fused-ring (bicyclic) bond motifs is 6. The summed E-state index contributed by atoms with van der Waals surface area (Å²) in [5, 5.41) is 14.9. The number of rotatable bonds is 5. The molecule has 52 heavy (non-hydrogen) atoms. The first kappa shape index (κ1) is 29.5. The van der Waals surface area contributed by atoms with Gasteiger partial charge in [-0.2, -0.15) is 5.26 Å². The zero-order valence-corrected chi connectivity index (χ0v) is 27.8. The Morgan fingerprint density at radius 2 is 0.654 bits per heavy atom. The molecule has 0 bridgehead atoms. The van der Waals surface area contributed by atoms with Crippen molar-refractivity contribution in [2.24, 2.45) is 0 Å². The molecule has 0 saturated carbocycles. The second kappa shape index (κ2) is 11.9. The highest BCUT2D eigenvalue weighted by Gasteiger charge is 2.22. The molecule has 0 amide bonds. The van der Waals surface area contributed by atoms with Gasteiger partial charge in [-0.3, -0.25) is 0 Å². The molecule has 0 atom stereocenters. The fraction of sp³-hybridized carbons (Fsp3) is 0. The molecule has 0 unspecified atom stereocenters. The summed E-state index contributed by atoms with van der Waals surface area (Å²) in [6, 6.07) is 60.2. The first-order valence-electron chi connectivity index (χ1n) is 17.2. The van der Waals surface area contributed by atoms with Gasteiger partial charge in [0.05, 0.1) is 45.1 Å². The van der Waals surface area contributed by atoms with Gasteiger partial charge in [-0.05, 0) is 60.7 Å². The number of nitriles is 1. The number of hydrogen-bond acceptors (Lipinski definition) is 4. The maximum atomic E-state index is 10.2. The minimum absolute atomic E-state index is 0.436. The maximum Gasteiger partial charge on any atom is 0.166 e. The van der Waals surface area contributed by atoms with Crippen LogP contribution in [0.4, 0.5) is 0 Å². The summed E-state index contributed by atoms with van der Waals surface area (Å²) in [5.41, 5.74) is 9.13. The summed E-state index contributed by atoms with van der Waals surface area (Å²) in [4.78, 5) is 15.6. The molecule has 0 fully saturated rings. The monoisotopic (exact) mass is 664 g/mol. The van der Waals surface area contributed by atoms with E-state index in [0.717, 1.165) is 44.6 Å². The highest BCUT2D eigenvalue weighted by atomic mass is 15.1. The van der Waals surface area contributed by atoms with Crippen LogP contribution in [0.5, 0.6) is 0 Å². The van der Waals surface area contributed by atoms with Gasteiger partial charge in [0.15, 0.2) is 17.5 Å². The summed E-state index contributed by atoms with van der Waals surface area (Å²) in [6.07, 6.45) is 0. The van der Waals surface area contributed by atoms with Crippen LogP contribution in [0.15, 0.2) is 170 Å². The minimum atomic E-state index is 0.436. The van der Waals surface area contributed by atoms with Crippen LogP contribution in [-0.2, 0) is 0 Å². The van der Waals surface area contributed by atoms with E-state index >= 15 is 0 Å². The predicted octanol–water partition coefficient (Wildman–Crippen LogP) is 10.9. The lowest BCUT2D eigenvalue weighted by atomic mass is 10.1. The number of benzene rings is 7. The molecule has 6 heteroatoms. The Hall–Kier alpha value is -7.36. The molecular weight excluding hydrogens is 637 g/mol. The second-order valence-electron chi connectivity index (χ2n) is 12.7. The molecule has 0 radical (unpaired) electrons. The topological polar surface area (TPSA) is 72.3 Å². The Bertz CT molecular complexity index is 2770. The van der Waals surface area contributed by atoms with Crippen LogP contribution >= 0.6 is 0 Å². The fourth-order valence-electron chi connectivity index (χ4n) is 7.59. The predicted molar refractivity (Wildman–Crippen MR) is 210 cm³/mol. The molecule has 0 saturated heterocycles. The highest BCUT2D eigenvalue weighted by Crippen LogP contribution is 2.38. The Labute approximate surface area is 299 Å². The van der Waals surface area contributed by atoms with Gasteiger partial charge >= 0.3 is 0 Å². The summed E-state index contributed by atoms with van der Waals surface area (Å²) in [5.74, 6) is 1.47. The first-order chi connectivity index (χ1) is 25.8. The van der Waals surface area contributed by atoms with Gasteiger partial charge in [-0.1, -0.05) is 109 Å². The van der Waals surface area contributed by atoms with Crippen molar-refractivity contribution in [2.45, 2.75) is 0 Å². The number of para-hydroxylation sites is 6. The van der Waals surface area contributed by atoms with Gasteiger partial charge in [-0.15, -0.1) is 0 Å². The average Bonchev–Trinajstić information content (AvgIpc) is 3.74. The fourth-order valence-corrected chi connectivity index (χ4v) is 7.59. The van der Waals surface area contributed by atoms with Crippen LogP contribution in [0, 0.1) is 11.3 Å². The SMILES string of the molecule is N#Cc1ccccc1-c1nc(-c2ccccc2-n2c3ccccc3c3ccccc32)nc(-c2ccccc2-n2c3ccccc3c3ccccc32)n1. The molecule has 0 aliphatic heterocycles. The third-order valence-corrected chi connectivity index (χ3v) is 9.86. The van der Waals surface area contributed by atoms with Crippen LogP contribution in [0.3, 0.4) is 0 Å². The van der Waals surface area contributed by atoms with Gasteiger partial charge in [-0.25, -0.2) is 15.0 Å². The molecular formula is C46H28N6. The van der Waals surface area contributed by atoms with E-state index < -0.39 is 0 Å². The molecule has 3 aromatic heterocycles. The van der Waals surface area contributed by atoms with E-state index in [1.807, 2.05) is 42.5 Å². The molecule has 242 valence electrons. The molecule has 10 aromatic rings. The number of aromatic nitrogens is 5. The normalized spacial score (nSPS) is 11.4. The smallest absolute Gasteiger partial charge is 0.166 e.